The Kier molecular flexibility index (Phi) is 6.46. The van der Waals surface area contributed by atoms with E-state index in [1.165, 1.54) is 12.0 Å². The minimum Gasteiger partial charge on any atom is -0.107 e. The maximum absolute atomic E-state index is 2.36. The number of allylic oxidation sites excluding steroid dienone is 2. The first-order valence-electron chi connectivity index (χ1n) is 6.28. The van der Waals surface area contributed by atoms with Gasteiger partial charge in [0, 0.05) is 5.41 Å². The van der Waals surface area contributed by atoms with Crippen molar-refractivity contribution in [1.82, 2.24) is 0 Å². The number of hydrogen-bond acceptors (Lipinski definition) is 0. The average molecular weight is 344 g/mol. The quantitative estimate of drug-likeness (QED) is 0.461. The van der Waals surface area contributed by atoms with Gasteiger partial charge in [-0.25, -0.2) is 0 Å². The Hall–Kier alpha value is -0.310. The number of halogens is 1. The number of hydrogen-bond donors (Lipinski definition) is 0. The van der Waals surface area contributed by atoms with Gasteiger partial charge in [0.2, 0.25) is 0 Å². The first kappa shape index (κ1) is 16.7. The molecule has 0 nitrogen and oxygen atoms in total. The third kappa shape index (κ3) is 4.13. The lowest BCUT2D eigenvalue weighted by Gasteiger charge is -2.27. The van der Waals surface area contributed by atoms with Gasteiger partial charge in [-0.1, -0.05) is 77.1 Å². The van der Waals surface area contributed by atoms with E-state index in [-0.39, 0.29) is 29.4 Å². The fourth-order valence-electron chi connectivity index (χ4n) is 2.49. The van der Waals surface area contributed by atoms with E-state index in [9.17, 15) is 0 Å². The summed E-state index contributed by atoms with van der Waals surface area (Å²) >= 11 is 0. The Morgan fingerprint density at radius 1 is 0.882 bits per heavy atom. The molecule has 0 radical (unpaired) electrons. The van der Waals surface area contributed by atoms with E-state index in [1.807, 2.05) is 13.8 Å². The van der Waals surface area contributed by atoms with E-state index in [1.54, 1.807) is 0 Å². The monoisotopic (exact) mass is 344 g/mol. The molecule has 2 rings (SSSR count). The zero-order valence-electron chi connectivity index (χ0n) is 11.7. The maximum Gasteiger partial charge on any atom is 0.0112 e. The predicted molar refractivity (Wildman–Crippen MR) is 88.1 cm³/mol. The molecule has 0 aliphatic heterocycles. The van der Waals surface area contributed by atoms with Gasteiger partial charge in [0.15, 0.2) is 0 Å². The molecule has 96 valence electrons. The lowest BCUT2D eigenvalue weighted by Crippen LogP contribution is -2.20. The second-order valence-electron chi connectivity index (χ2n) is 5.28. The van der Waals surface area contributed by atoms with Crippen LogP contribution in [0.25, 0.3) is 0 Å². The fourth-order valence-corrected chi connectivity index (χ4v) is 2.49. The smallest absolute Gasteiger partial charge is 0.0112 e. The summed E-state index contributed by atoms with van der Waals surface area (Å²) in [6, 6.07) is 10.8. The topological polar surface area (TPSA) is 0 Å². The highest BCUT2D eigenvalue weighted by Crippen LogP contribution is 2.44. The SMILES string of the molecule is CC.CC1(C)C=CC(C)(c2ccccc2)C1.I. The van der Waals surface area contributed by atoms with Gasteiger partial charge in [0.1, 0.15) is 0 Å². The van der Waals surface area contributed by atoms with Crippen LogP contribution in [-0.4, -0.2) is 0 Å². The van der Waals surface area contributed by atoms with E-state index in [4.69, 9.17) is 0 Å². The highest BCUT2D eigenvalue weighted by Gasteiger charge is 2.35. The van der Waals surface area contributed by atoms with E-state index in [0.29, 0.717) is 5.41 Å². The zero-order chi connectivity index (χ0) is 12.2. The van der Waals surface area contributed by atoms with Crippen molar-refractivity contribution >= 4 is 24.0 Å². The molecule has 1 unspecified atom stereocenters. The predicted octanol–water partition coefficient (Wildman–Crippen LogP) is 5.57. The molecule has 0 heterocycles. The van der Waals surface area contributed by atoms with Crippen LogP contribution in [0.4, 0.5) is 0 Å². The number of benzene rings is 1. The van der Waals surface area contributed by atoms with Crippen molar-refractivity contribution in [3.05, 3.63) is 48.0 Å². The van der Waals surface area contributed by atoms with Crippen molar-refractivity contribution in [2.24, 2.45) is 5.41 Å². The van der Waals surface area contributed by atoms with Crippen LogP contribution in [0.1, 0.15) is 46.6 Å². The minimum atomic E-state index is 0. The lowest BCUT2D eigenvalue weighted by atomic mass is 9.77. The molecular weight excluding hydrogens is 319 g/mol. The number of rotatable bonds is 1. The summed E-state index contributed by atoms with van der Waals surface area (Å²) in [5.41, 5.74) is 2.02. The van der Waals surface area contributed by atoms with Gasteiger partial charge in [-0.05, 0) is 17.4 Å². The molecule has 1 atom stereocenters. The highest BCUT2D eigenvalue weighted by atomic mass is 127. The third-order valence-electron chi connectivity index (χ3n) is 3.16. The first-order chi connectivity index (χ1) is 7.52. The minimum absolute atomic E-state index is 0. The van der Waals surface area contributed by atoms with E-state index in [2.05, 4.69) is 63.3 Å². The van der Waals surface area contributed by atoms with Gasteiger partial charge in [-0.15, -0.1) is 24.0 Å². The molecule has 1 aromatic carbocycles. The summed E-state index contributed by atoms with van der Waals surface area (Å²) in [5, 5.41) is 0. The van der Waals surface area contributed by atoms with Gasteiger partial charge in [0.25, 0.3) is 0 Å². The molecule has 0 saturated carbocycles. The Labute approximate surface area is 124 Å². The Balaban J connectivity index is 0.000000811. The molecule has 1 aliphatic rings. The van der Waals surface area contributed by atoms with Gasteiger partial charge in [-0.2, -0.15) is 0 Å². The lowest BCUT2D eigenvalue weighted by molar-refractivity contribution is 0.386. The molecule has 0 bridgehead atoms. The van der Waals surface area contributed by atoms with Crippen LogP contribution in [0.15, 0.2) is 42.5 Å². The second-order valence-corrected chi connectivity index (χ2v) is 5.28. The van der Waals surface area contributed by atoms with Crippen molar-refractivity contribution in [2.45, 2.75) is 46.5 Å². The maximum atomic E-state index is 2.36. The normalized spacial score (nSPS) is 24.5. The van der Waals surface area contributed by atoms with Crippen LogP contribution >= 0.6 is 24.0 Å². The Bertz CT molecular complexity index is 351. The molecule has 0 aromatic heterocycles. The van der Waals surface area contributed by atoms with Crippen molar-refractivity contribution in [3.63, 3.8) is 0 Å². The summed E-state index contributed by atoms with van der Waals surface area (Å²) in [6.45, 7) is 10.9. The second kappa shape index (κ2) is 6.58. The van der Waals surface area contributed by atoms with Crippen molar-refractivity contribution < 1.29 is 0 Å². The van der Waals surface area contributed by atoms with Crippen LogP contribution in [0.5, 0.6) is 0 Å². The fraction of sp³-hybridized carbons (Fsp3) is 0.500. The zero-order valence-corrected chi connectivity index (χ0v) is 14.0. The molecule has 0 N–H and O–H groups in total. The van der Waals surface area contributed by atoms with Crippen molar-refractivity contribution in [1.29, 1.82) is 0 Å². The molecule has 0 saturated heterocycles. The summed E-state index contributed by atoms with van der Waals surface area (Å²) < 4.78 is 0. The van der Waals surface area contributed by atoms with Crippen molar-refractivity contribution in [3.8, 4) is 0 Å². The van der Waals surface area contributed by atoms with Crippen LogP contribution in [-0.2, 0) is 5.41 Å². The van der Waals surface area contributed by atoms with Crippen molar-refractivity contribution in [2.75, 3.05) is 0 Å². The third-order valence-corrected chi connectivity index (χ3v) is 3.16. The summed E-state index contributed by atoms with van der Waals surface area (Å²) in [4.78, 5) is 0. The Morgan fingerprint density at radius 2 is 1.41 bits per heavy atom. The molecule has 1 aromatic rings. The largest absolute Gasteiger partial charge is 0.107 e. The van der Waals surface area contributed by atoms with Crippen LogP contribution < -0.4 is 0 Å². The van der Waals surface area contributed by atoms with Gasteiger partial charge >= 0.3 is 0 Å². The van der Waals surface area contributed by atoms with E-state index in [0.717, 1.165) is 0 Å². The van der Waals surface area contributed by atoms with Gasteiger partial charge < -0.3 is 0 Å². The summed E-state index contributed by atoms with van der Waals surface area (Å²) in [7, 11) is 0. The van der Waals surface area contributed by atoms with Crippen LogP contribution in [0, 0.1) is 5.41 Å². The molecular formula is C16H25I. The standard InChI is InChI=1S/C14H18.C2H6.HI/c1-13(2)9-10-14(3,11-13)12-7-5-4-6-8-12;1-2;/h4-10H,11H2,1-3H3;1-2H3;1H. The molecule has 1 heteroatoms. The molecule has 0 fully saturated rings. The first-order valence-corrected chi connectivity index (χ1v) is 6.28. The Morgan fingerprint density at radius 3 is 1.82 bits per heavy atom. The average Bonchev–Trinajstić information content (AvgIpc) is 2.59. The van der Waals surface area contributed by atoms with Gasteiger partial charge in [0.05, 0.1) is 0 Å². The van der Waals surface area contributed by atoms with Gasteiger partial charge in [-0.3, -0.25) is 0 Å². The molecule has 1 aliphatic carbocycles. The van der Waals surface area contributed by atoms with E-state index >= 15 is 0 Å². The summed E-state index contributed by atoms with van der Waals surface area (Å²) in [5.74, 6) is 0. The molecule has 17 heavy (non-hydrogen) atoms. The van der Waals surface area contributed by atoms with E-state index < -0.39 is 0 Å². The highest BCUT2D eigenvalue weighted by molar-refractivity contribution is 14.0. The van der Waals surface area contributed by atoms with Crippen LogP contribution in [0.2, 0.25) is 0 Å². The summed E-state index contributed by atoms with van der Waals surface area (Å²) in [6.07, 6.45) is 5.92. The molecule has 0 amide bonds. The van der Waals surface area contributed by atoms with Crippen LogP contribution in [0.3, 0.4) is 0 Å². The molecule has 0 spiro atoms.